The molecular formula is C74H144N2O11. The molecule has 0 spiro atoms. The monoisotopic (exact) mass is 1240 g/mol. The van der Waals surface area contributed by atoms with E-state index < -0.39 is 61.4 Å². The van der Waals surface area contributed by atoms with Crippen LogP contribution in [0.4, 0.5) is 0 Å². The first kappa shape index (κ1) is 81.7. The van der Waals surface area contributed by atoms with E-state index >= 15 is 0 Å². The zero-order valence-electron chi connectivity index (χ0n) is 57.4. The minimum Gasteiger partial charge on any atom is -0.388 e. The predicted molar refractivity (Wildman–Crippen MR) is 360 cm³/mol. The maximum atomic E-state index is 14.2. The Kier molecular flexibility index (Phi) is 53.8. The second-order valence-corrected chi connectivity index (χ2v) is 27.3. The lowest BCUT2D eigenvalue weighted by atomic mass is 9.95. The first-order chi connectivity index (χ1) is 42.5. The summed E-state index contributed by atoms with van der Waals surface area (Å²) >= 11 is 0. The number of aliphatic hydroxyl groups excluding tert-OH is 6. The van der Waals surface area contributed by atoms with Crippen molar-refractivity contribution in [2.75, 3.05) is 26.2 Å². The number of carbonyl (C=O) groups excluding carboxylic acids is 2. The zero-order valence-corrected chi connectivity index (χ0v) is 57.4. The Morgan fingerprint density at radius 3 is 0.621 bits per heavy atom. The molecule has 2 saturated heterocycles. The molecule has 0 aromatic heterocycles. The molecule has 13 nitrogen and oxygen atoms in total. The van der Waals surface area contributed by atoms with Gasteiger partial charge in [0.2, 0.25) is 11.8 Å². The second kappa shape index (κ2) is 57.3. The van der Waals surface area contributed by atoms with E-state index in [-0.39, 0.29) is 24.7 Å². The molecule has 10 atom stereocenters. The highest BCUT2D eigenvalue weighted by Crippen LogP contribution is 2.31. The Bertz CT molecular complexity index is 1360. The summed E-state index contributed by atoms with van der Waals surface area (Å²) in [7, 11) is 0. The third-order valence-corrected chi connectivity index (χ3v) is 19.2. The van der Waals surface area contributed by atoms with E-state index in [4.69, 9.17) is 14.2 Å². The molecular weight excluding hydrogens is 1090 g/mol. The largest absolute Gasteiger partial charge is 0.388 e. The van der Waals surface area contributed by atoms with Crippen LogP contribution in [0.3, 0.4) is 0 Å². The Morgan fingerprint density at radius 1 is 0.264 bits per heavy atom. The summed E-state index contributed by atoms with van der Waals surface area (Å²) in [6.07, 6.45) is 47.4. The summed E-state index contributed by atoms with van der Waals surface area (Å²) in [6.45, 7) is 11.4. The van der Waals surface area contributed by atoms with Crippen LogP contribution in [0.5, 0.6) is 0 Å². The number of nitrogens with zero attached hydrogens (tertiary/aromatic N) is 2. The Labute approximate surface area is 535 Å². The van der Waals surface area contributed by atoms with Gasteiger partial charge in [-0.05, 0) is 25.7 Å². The summed E-state index contributed by atoms with van der Waals surface area (Å²) in [5.74, 6) is -0.431. The van der Waals surface area contributed by atoms with Gasteiger partial charge in [0.25, 0.3) is 0 Å². The van der Waals surface area contributed by atoms with Crippen LogP contribution in [0.2, 0.25) is 0 Å². The average Bonchev–Trinajstić information content (AvgIpc) is 3.69. The number of amides is 2. The van der Waals surface area contributed by atoms with E-state index in [0.29, 0.717) is 26.2 Å². The normalized spacial score (nSPS) is 22.3. The third kappa shape index (κ3) is 41.0. The molecule has 2 aliphatic rings. The fraction of sp³-hybridized carbons (Fsp3) is 0.973. The highest BCUT2D eigenvalue weighted by Gasteiger charge is 2.50. The van der Waals surface area contributed by atoms with Gasteiger partial charge in [-0.15, -0.1) is 0 Å². The highest BCUT2D eigenvalue weighted by atomic mass is 16.8. The van der Waals surface area contributed by atoms with Gasteiger partial charge in [0.15, 0.2) is 12.6 Å². The van der Waals surface area contributed by atoms with Crippen molar-refractivity contribution in [1.82, 2.24) is 9.80 Å². The van der Waals surface area contributed by atoms with E-state index in [1.807, 2.05) is 9.80 Å². The molecule has 13 heteroatoms. The van der Waals surface area contributed by atoms with Gasteiger partial charge in [-0.25, -0.2) is 0 Å². The van der Waals surface area contributed by atoms with Crippen molar-refractivity contribution < 1.29 is 54.4 Å². The second-order valence-electron chi connectivity index (χ2n) is 27.3. The SMILES string of the molecule is CCCCCCCCCCCCCCCN(CCCCCCCCCCCCCCC)C(=O)CC1OC(OC2OC(CC(=O)N(CCCCCCCCCCCCCCC)CCCCCCCCCCCCCCC)[C@@H](O)[C@H](O)[C@H]2O)[C@H](O)[C@@H](O)[C@@H]1O. The van der Waals surface area contributed by atoms with Crippen LogP contribution < -0.4 is 0 Å². The van der Waals surface area contributed by atoms with Crippen LogP contribution >= 0.6 is 0 Å². The minimum absolute atomic E-state index is 0.215. The first-order valence-electron chi connectivity index (χ1n) is 38.1. The van der Waals surface area contributed by atoms with E-state index in [9.17, 15) is 40.2 Å². The predicted octanol–water partition coefficient (Wildman–Crippen LogP) is 17.4. The Morgan fingerprint density at radius 2 is 0.437 bits per heavy atom. The lowest BCUT2D eigenvalue weighted by Gasteiger charge is -2.45. The molecule has 2 heterocycles. The summed E-state index contributed by atoms with van der Waals surface area (Å²) in [6, 6.07) is 0. The van der Waals surface area contributed by atoms with Crippen molar-refractivity contribution in [2.45, 2.75) is 436 Å². The van der Waals surface area contributed by atoms with Crippen LogP contribution in [0.15, 0.2) is 0 Å². The molecule has 0 aromatic rings. The van der Waals surface area contributed by atoms with Gasteiger partial charge in [0.1, 0.15) is 36.6 Å². The molecule has 2 aliphatic heterocycles. The van der Waals surface area contributed by atoms with Crippen molar-refractivity contribution >= 4 is 11.8 Å². The maximum absolute atomic E-state index is 14.2. The lowest BCUT2D eigenvalue weighted by molar-refractivity contribution is -0.373. The molecule has 0 saturated carbocycles. The fourth-order valence-electron chi connectivity index (χ4n) is 13.1. The number of carbonyl (C=O) groups is 2. The Hall–Kier alpha value is -1.42. The van der Waals surface area contributed by atoms with Crippen molar-refractivity contribution in [1.29, 1.82) is 0 Å². The molecule has 6 N–H and O–H groups in total. The number of ether oxygens (including phenoxy) is 3. The number of aliphatic hydroxyl groups is 6. The lowest BCUT2D eigenvalue weighted by Crippen LogP contribution is -2.63. The van der Waals surface area contributed by atoms with Gasteiger partial charge < -0.3 is 54.6 Å². The zero-order chi connectivity index (χ0) is 63.2. The molecule has 0 aromatic carbocycles. The summed E-state index contributed by atoms with van der Waals surface area (Å²) in [5, 5.41) is 67.4. The molecule has 2 amide bonds. The average molecular weight is 1240 g/mol. The van der Waals surface area contributed by atoms with Crippen molar-refractivity contribution in [3.8, 4) is 0 Å². The van der Waals surface area contributed by atoms with E-state index in [0.717, 1.165) is 77.0 Å². The van der Waals surface area contributed by atoms with Crippen LogP contribution in [-0.4, -0.2) is 140 Å². The molecule has 0 bridgehead atoms. The van der Waals surface area contributed by atoms with Crippen molar-refractivity contribution in [3.05, 3.63) is 0 Å². The quantitative estimate of drug-likeness (QED) is 0.0318. The van der Waals surface area contributed by atoms with Crippen molar-refractivity contribution in [2.24, 2.45) is 0 Å². The van der Waals surface area contributed by atoms with E-state index in [2.05, 4.69) is 27.7 Å². The summed E-state index contributed by atoms with van der Waals surface area (Å²) in [4.78, 5) is 32.2. The van der Waals surface area contributed by atoms with Crippen LogP contribution in [0.25, 0.3) is 0 Å². The third-order valence-electron chi connectivity index (χ3n) is 19.2. The summed E-state index contributed by atoms with van der Waals surface area (Å²) in [5.41, 5.74) is 0. The number of rotatable bonds is 62. The summed E-state index contributed by atoms with van der Waals surface area (Å²) < 4.78 is 18.2. The molecule has 2 fully saturated rings. The van der Waals surface area contributed by atoms with Gasteiger partial charge in [-0.1, -0.05) is 336 Å². The molecule has 516 valence electrons. The van der Waals surface area contributed by atoms with E-state index in [1.165, 1.54) is 257 Å². The van der Waals surface area contributed by atoms with Gasteiger partial charge in [0, 0.05) is 26.2 Å². The molecule has 2 rings (SSSR count). The molecule has 0 radical (unpaired) electrons. The molecule has 0 aliphatic carbocycles. The highest BCUT2D eigenvalue weighted by molar-refractivity contribution is 5.77. The number of hydrogen-bond donors (Lipinski definition) is 6. The molecule has 87 heavy (non-hydrogen) atoms. The van der Waals surface area contributed by atoms with Crippen molar-refractivity contribution in [3.63, 3.8) is 0 Å². The minimum atomic E-state index is -1.80. The topological polar surface area (TPSA) is 190 Å². The van der Waals surface area contributed by atoms with Gasteiger partial charge in [0.05, 0.1) is 25.0 Å². The van der Waals surface area contributed by atoms with Gasteiger partial charge >= 0.3 is 0 Å². The van der Waals surface area contributed by atoms with Crippen LogP contribution in [0, 0.1) is 0 Å². The Balaban J connectivity index is 2.03. The van der Waals surface area contributed by atoms with E-state index in [1.54, 1.807) is 0 Å². The number of hydrogen-bond acceptors (Lipinski definition) is 11. The smallest absolute Gasteiger partial charge is 0.225 e. The fourth-order valence-corrected chi connectivity index (χ4v) is 13.1. The standard InChI is InChI=1S/C74H144N2O11/c1-5-9-13-17-21-25-29-33-37-41-45-49-53-57-75(58-54-50-46-42-38-34-30-26-22-18-14-10-6-2)65(77)61-63-67(79)69(81)71(83)73(85-63)87-74-72(84)70(82)68(80)64(86-74)62-66(78)76(59-55-51-47-43-39-35-31-27-23-19-15-11-7-3)60-56-52-48-44-40-36-32-28-24-20-16-12-8-4/h63-64,67-74,79-84H,5-62H2,1-4H3/t63?,64?,67-,68-,69+,70+,71-,72-,73?,74?/m1/s1. The van der Waals surface area contributed by atoms with Gasteiger partial charge in [-0.3, -0.25) is 9.59 Å². The van der Waals surface area contributed by atoms with Gasteiger partial charge in [-0.2, -0.15) is 0 Å². The first-order valence-corrected chi connectivity index (χ1v) is 38.1. The van der Waals surface area contributed by atoms with Crippen LogP contribution in [0.1, 0.15) is 374 Å². The maximum Gasteiger partial charge on any atom is 0.225 e. The number of unbranched alkanes of at least 4 members (excludes halogenated alkanes) is 48. The molecule has 4 unspecified atom stereocenters. The van der Waals surface area contributed by atoms with Crippen LogP contribution in [-0.2, 0) is 23.8 Å².